The molecule has 6 heteroatoms. The minimum absolute atomic E-state index is 0.0871. The Kier molecular flexibility index (Phi) is 5.32. The molecule has 3 rings (SSSR count). The van der Waals surface area contributed by atoms with Crippen molar-refractivity contribution in [2.24, 2.45) is 11.7 Å². The van der Waals surface area contributed by atoms with E-state index in [0.717, 1.165) is 25.0 Å². The summed E-state index contributed by atoms with van der Waals surface area (Å²) in [5.41, 5.74) is 6.75. The molecule has 0 saturated carbocycles. The largest absolute Gasteiger partial charge is 0.416 e. The van der Waals surface area contributed by atoms with Crippen LogP contribution in [0.2, 0.25) is 0 Å². The molecule has 1 heterocycles. The minimum Gasteiger partial charge on any atom is -0.339 e. The van der Waals surface area contributed by atoms with E-state index in [1.165, 1.54) is 12.1 Å². The van der Waals surface area contributed by atoms with Gasteiger partial charge < -0.3 is 10.6 Å². The van der Waals surface area contributed by atoms with Gasteiger partial charge in [-0.1, -0.05) is 30.3 Å². The number of benzene rings is 2. The van der Waals surface area contributed by atoms with Crippen LogP contribution < -0.4 is 5.73 Å². The van der Waals surface area contributed by atoms with E-state index in [0.29, 0.717) is 42.2 Å². The summed E-state index contributed by atoms with van der Waals surface area (Å²) in [4.78, 5) is 14.7. The number of piperidine rings is 1. The van der Waals surface area contributed by atoms with Crippen molar-refractivity contribution in [3.8, 4) is 11.1 Å². The van der Waals surface area contributed by atoms with Crippen molar-refractivity contribution in [1.82, 2.24) is 4.90 Å². The number of hydrogen-bond donors (Lipinski definition) is 1. The molecule has 2 N–H and O–H groups in total. The van der Waals surface area contributed by atoms with Crippen molar-refractivity contribution in [3.05, 3.63) is 59.7 Å². The SMILES string of the molecule is NCC1CCN(C(=O)c2ccccc2-c2ccc(C(F)(F)F)cc2)CC1. The average molecular weight is 362 g/mol. The van der Waals surface area contributed by atoms with Gasteiger partial charge in [-0.3, -0.25) is 4.79 Å². The number of carbonyl (C=O) groups excluding carboxylic acids is 1. The second-order valence-electron chi connectivity index (χ2n) is 6.59. The number of nitrogens with two attached hydrogens (primary N) is 1. The normalized spacial score (nSPS) is 15.9. The summed E-state index contributed by atoms with van der Waals surface area (Å²) in [5, 5.41) is 0. The van der Waals surface area contributed by atoms with E-state index in [1.807, 2.05) is 0 Å². The Morgan fingerprint density at radius 2 is 1.65 bits per heavy atom. The highest BCUT2D eigenvalue weighted by Crippen LogP contribution is 2.32. The van der Waals surface area contributed by atoms with Crippen LogP contribution in [-0.2, 0) is 6.18 Å². The highest BCUT2D eigenvalue weighted by molar-refractivity contribution is 6.01. The van der Waals surface area contributed by atoms with Crippen LogP contribution in [0.5, 0.6) is 0 Å². The second kappa shape index (κ2) is 7.50. The summed E-state index contributed by atoms with van der Waals surface area (Å²) < 4.78 is 38.3. The van der Waals surface area contributed by atoms with Gasteiger partial charge in [-0.25, -0.2) is 0 Å². The molecule has 1 aliphatic rings. The third kappa shape index (κ3) is 3.90. The van der Waals surface area contributed by atoms with Crippen LogP contribution in [-0.4, -0.2) is 30.4 Å². The summed E-state index contributed by atoms with van der Waals surface area (Å²) >= 11 is 0. The van der Waals surface area contributed by atoms with Gasteiger partial charge >= 0.3 is 6.18 Å². The number of hydrogen-bond acceptors (Lipinski definition) is 2. The molecule has 0 unspecified atom stereocenters. The van der Waals surface area contributed by atoms with E-state index < -0.39 is 11.7 Å². The molecule has 3 nitrogen and oxygen atoms in total. The Hall–Kier alpha value is -2.34. The first-order chi connectivity index (χ1) is 12.4. The summed E-state index contributed by atoms with van der Waals surface area (Å²) in [7, 11) is 0. The smallest absolute Gasteiger partial charge is 0.339 e. The van der Waals surface area contributed by atoms with Gasteiger partial charge in [-0.2, -0.15) is 13.2 Å². The molecule has 26 heavy (non-hydrogen) atoms. The molecule has 2 aromatic carbocycles. The standard InChI is InChI=1S/C20H21F3N2O/c21-20(22,23)16-7-5-15(6-8-16)17-3-1-2-4-18(17)19(26)25-11-9-14(13-24)10-12-25/h1-8,14H,9-13,24H2. The zero-order chi connectivity index (χ0) is 18.7. The Bertz CT molecular complexity index is 763. The Morgan fingerprint density at radius 1 is 1.04 bits per heavy atom. The van der Waals surface area contributed by atoms with E-state index in [9.17, 15) is 18.0 Å². The lowest BCUT2D eigenvalue weighted by Gasteiger charge is -2.32. The van der Waals surface area contributed by atoms with Crippen molar-refractivity contribution in [2.75, 3.05) is 19.6 Å². The highest BCUT2D eigenvalue weighted by atomic mass is 19.4. The van der Waals surface area contributed by atoms with Crippen molar-refractivity contribution >= 4 is 5.91 Å². The molecule has 0 spiro atoms. The zero-order valence-corrected chi connectivity index (χ0v) is 14.3. The quantitative estimate of drug-likeness (QED) is 0.890. The number of halogens is 3. The maximum absolute atomic E-state index is 12.9. The predicted octanol–water partition coefficient (Wildman–Crippen LogP) is 4.18. The Labute approximate surface area is 150 Å². The summed E-state index contributed by atoms with van der Waals surface area (Å²) in [6.45, 7) is 1.94. The van der Waals surface area contributed by atoms with Crippen LogP contribution in [0, 0.1) is 5.92 Å². The van der Waals surface area contributed by atoms with Gasteiger partial charge in [0.1, 0.15) is 0 Å². The molecule has 2 aromatic rings. The lowest BCUT2D eigenvalue weighted by Crippen LogP contribution is -2.40. The molecule has 1 amide bonds. The first kappa shape index (κ1) is 18.5. The van der Waals surface area contributed by atoms with Gasteiger partial charge in [0.2, 0.25) is 0 Å². The molecule has 0 radical (unpaired) electrons. The summed E-state index contributed by atoms with van der Waals surface area (Å²) in [6, 6.07) is 12.0. The fourth-order valence-electron chi connectivity index (χ4n) is 3.30. The Morgan fingerprint density at radius 3 is 2.23 bits per heavy atom. The topological polar surface area (TPSA) is 46.3 Å². The number of amides is 1. The van der Waals surface area contributed by atoms with E-state index in [1.54, 1.807) is 29.2 Å². The van der Waals surface area contributed by atoms with E-state index in [2.05, 4.69) is 0 Å². The maximum atomic E-state index is 12.9. The summed E-state index contributed by atoms with van der Waals surface area (Å²) in [6.07, 6.45) is -2.61. The third-order valence-corrected chi connectivity index (χ3v) is 4.92. The van der Waals surface area contributed by atoms with Crippen LogP contribution in [0.1, 0.15) is 28.8 Å². The lowest BCUT2D eigenvalue weighted by molar-refractivity contribution is -0.137. The number of alkyl halides is 3. The van der Waals surface area contributed by atoms with Crippen LogP contribution in [0.15, 0.2) is 48.5 Å². The molecule has 0 bridgehead atoms. The van der Waals surface area contributed by atoms with Gasteiger partial charge in [0, 0.05) is 18.7 Å². The number of nitrogens with zero attached hydrogens (tertiary/aromatic N) is 1. The molecule has 1 fully saturated rings. The molecule has 1 saturated heterocycles. The van der Waals surface area contributed by atoms with Gasteiger partial charge in [0.15, 0.2) is 0 Å². The van der Waals surface area contributed by atoms with E-state index in [-0.39, 0.29) is 5.91 Å². The number of likely N-dealkylation sites (tertiary alicyclic amines) is 1. The van der Waals surface area contributed by atoms with Gasteiger partial charge in [0.25, 0.3) is 5.91 Å². The zero-order valence-electron chi connectivity index (χ0n) is 14.3. The van der Waals surface area contributed by atoms with Gasteiger partial charge in [-0.15, -0.1) is 0 Å². The number of carbonyl (C=O) groups is 1. The second-order valence-corrected chi connectivity index (χ2v) is 6.59. The first-order valence-corrected chi connectivity index (χ1v) is 8.66. The molecule has 0 atom stereocenters. The fraction of sp³-hybridized carbons (Fsp3) is 0.350. The molecule has 0 aliphatic carbocycles. The highest BCUT2D eigenvalue weighted by Gasteiger charge is 2.30. The molecule has 0 aromatic heterocycles. The van der Waals surface area contributed by atoms with Crippen LogP contribution >= 0.6 is 0 Å². The van der Waals surface area contributed by atoms with Crippen molar-refractivity contribution < 1.29 is 18.0 Å². The third-order valence-electron chi connectivity index (χ3n) is 4.92. The first-order valence-electron chi connectivity index (χ1n) is 8.66. The minimum atomic E-state index is -4.37. The monoisotopic (exact) mass is 362 g/mol. The fourth-order valence-corrected chi connectivity index (χ4v) is 3.30. The van der Waals surface area contributed by atoms with Crippen LogP contribution in [0.4, 0.5) is 13.2 Å². The van der Waals surface area contributed by atoms with Gasteiger partial charge in [-0.05, 0) is 54.6 Å². The van der Waals surface area contributed by atoms with E-state index >= 15 is 0 Å². The molecule has 1 aliphatic heterocycles. The molecule has 138 valence electrons. The Balaban J connectivity index is 1.85. The van der Waals surface area contributed by atoms with Crippen molar-refractivity contribution in [2.45, 2.75) is 19.0 Å². The van der Waals surface area contributed by atoms with Crippen LogP contribution in [0.25, 0.3) is 11.1 Å². The maximum Gasteiger partial charge on any atom is 0.416 e. The predicted molar refractivity (Wildman–Crippen MR) is 94.6 cm³/mol. The average Bonchev–Trinajstić information content (AvgIpc) is 2.67. The summed E-state index contributed by atoms with van der Waals surface area (Å²) in [5.74, 6) is 0.361. The van der Waals surface area contributed by atoms with Crippen LogP contribution in [0.3, 0.4) is 0 Å². The molecular formula is C20H21F3N2O. The number of rotatable bonds is 3. The van der Waals surface area contributed by atoms with E-state index in [4.69, 9.17) is 5.73 Å². The molecular weight excluding hydrogens is 341 g/mol. The van der Waals surface area contributed by atoms with Crippen molar-refractivity contribution in [3.63, 3.8) is 0 Å². The van der Waals surface area contributed by atoms with Gasteiger partial charge in [0.05, 0.1) is 5.56 Å². The van der Waals surface area contributed by atoms with Crippen molar-refractivity contribution in [1.29, 1.82) is 0 Å². The lowest BCUT2D eigenvalue weighted by atomic mass is 9.94.